The number of hydrogen-bond acceptors (Lipinski definition) is 5. The molecule has 5 nitrogen and oxygen atoms in total. The zero-order valence-electron chi connectivity index (χ0n) is 15.3. The van der Waals surface area contributed by atoms with Gasteiger partial charge in [-0.25, -0.2) is 0 Å². The minimum atomic E-state index is -0.0856. The van der Waals surface area contributed by atoms with E-state index in [1.165, 1.54) is 11.3 Å². The second-order valence-electron chi connectivity index (χ2n) is 6.82. The van der Waals surface area contributed by atoms with Gasteiger partial charge in [-0.2, -0.15) is 0 Å². The molecule has 5 rings (SSSR count). The third kappa shape index (κ3) is 3.15. The molecule has 0 saturated carbocycles. The smallest absolute Gasteiger partial charge is 0.265 e. The lowest BCUT2D eigenvalue weighted by Crippen LogP contribution is -2.36. The van der Waals surface area contributed by atoms with Gasteiger partial charge < -0.3 is 19.7 Å². The number of hydrogen-bond donors (Lipinski definition) is 1. The Hall–Kier alpha value is -2.83. The van der Waals surface area contributed by atoms with E-state index in [4.69, 9.17) is 9.47 Å². The number of amides is 1. The summed E-state index contributed by atoms with van der Waals surface area (Å²) in [7, 11) is 0. The molecule has 2 aromatic carbocycles. The fraction of sp³-hybridized carbons (Fsp3) is 0.227. The number of anilines is 2. The summed E-state index contributed by atoms with van der Waals surface area (Å²) in [6.45, 7) is 3.57. The van der Waals surface area contributed by atoms with Crippen LogP contribution < -0.4 is 15.0 Å². The van der Waals surface area contributed by atoms with Crippen molar-refractivity contribution in [3.05, 3.63) is 65.0 Å². The van der Waals surface area contributed by atoms with Crippen molar-refractivity contribution in [3.63, 3.8) is 0 Å². The van der Waals surface area contributed by atoms with Gasteiger partial charge in [-0.3, -0.25) is 4.79 Å². The molecule has 3 aromatic rings. The molecule has 142 valence electrons. The molecule has 1 aromatic heterocycles. The van der Waals surface area contributed by atoms with E-state index in [-0.39, 0.29) is 5.91 Å². The molecular weight excluding hydrogens is 372 g/mol. The average Bonchev–Trinajstić information content (AvgIpc) is 3.20. The van der Waals surface area contributed by atoms with Crippen LogP contribution in [0.1, 0.15) is 15.2 Å². The summed E-state index contributed by atoms with van der Waals surface area (Å²) in [5.41, 5.74) is 3.99. The Morgan fingerprint density at radius 3 is 2.71 bits per heavy atom. The van der Waals surface area contributed by atoms with Crippen LogP contribution in [-0.4, -0.2) is 32.2 Å². The summed E-state index contributed by atoms with van der Waals surface area (Å²) >= 11 is 1.52. The summed E-state index contributed by atoms with van der Waals surface area (Å²) in [6.07, 6.45) is 0. The SMILES string of the molecule is O=C(Nc1ccccc1N1CCOCC1)c1cc2c(s1)-c1ccccc1OC2. The number of ether oxygens (including phenoxy) is 2. The van der Waals surface area contributed by atoms with Crippen LogP contribution in [0.3, 0.4) is 0 Å². The van der Waals surface area contributed by atoms with Crippen molar-refractivity contribution in [2.75, 3.05) is 36.5 Å². The highest BCUT2D eigenvalue weighted by Crippen LogP contribution is 2.42. The number of fused-ring (bicyclic) bond motifs is 3. The van der Waals surface area contributed by atoms with Crippen molar-refractivity contribution in [1.29, 1.82) is 0 Å². The standard InChI is InChI=1S/C22H20N2O3S/c25-22(23-17-6-2-3-7-18(17)24-9-11-26-12-10-24)20-13-15-14-27-19-8-4-1-5-16(19)21(15)28-20/h1-8,13H,9-12,14H2,(H,23,25). The van der Waals surface area contributed by atoms with Crippen molar-refractivity contribution in [2.45, 2.75) is 6.61 Å². The van der Waals surface area contributed by atoms with E-state index < -0.39 is 0 Å². The minimum Gasteiger partial charge on any atom is -0.488 e. The van der Waals surface area contributed by atoms with Gasteiger partial charge >= 0.3 is 0 Å². The van der Waals surface area contributed by atoms with Crippen LogP contribution in [0.4, 0.5) is 11.4 Å². The van der Waals surface area contributed by atoms with Crippen LogP contribution in [-0.2, 0) is 11.3 Å². The van der Waals surface area contributed by atoms with Crippen molar-refractivity contribution < 1.29 is 14.3 Å². The molecular formula is C22H20N2O3S. The highest BCUT2D eigenvalue weighted by atomic mass is 32.1. The molecule has 1 amide bonds. The first kappa shape index (κ1) is 17.3. The quantitative estimate of drug-likeness (QED) is 0.718. The molecule has 2 aliphatic heterocycles. The van der Waals surface area contributed by atoms with E-state index in [9.17, 15) is 4.79 Å². The van der Waals surface area contributed by atoms with E-state index in [0.29, 0.717) is 24.7 Å². The highest BCUT2D eigenvalue weighted by molar-refractivity contribution is 7.17. The number of rotatable bonds is 3. The topological polar surface area (TPSA) is 50.8 Å². The molecule has 3 heterocycles. The van der Waals surface area contributed by atoms with Crippen LogP contribution in [0.25, 0.3) is 10.4 Å². The second-order valence-corrected chi connectivity index (χ2v) is 7.87. The van der Waals surface area contributed by atoms with Gasteiger partial charge in [0.2, 0.25) is 0 Å². The third-order valence-corrected chi connectivity index (χ3v) is 6.26. The molecule has 0 aliphatic carbocycles. The Morgan fingerprint density at radius 1 is 1.04 bits per heavy atom. The number of nitrogens with one attached hydrogen (secondary N) is 1. The van der Waals surface area contributed by atoms with Crippen LogP contribution >= 0.6 is 11.3 Å². The Morgan fingerprint density at radius 2 is 1.82 bits per heavy atom. The maximum absolute atomic E-state index is 13.0. The predicted molar refractivity (Wildman–Crippen MR) is 112 cm³/mol. The van der Waals surface area contributed by atoms with E-state index in [1.54, 1.807) is 0 Å². The molecule has 0 bridgehead atoms. The fourth-order valence-corrected chi connectivity index (χ4v) is 4.75. The molecule has 2 aliphatic rings. The van der Waals surface area contributed by atoms with E-state index in [1.807, 2.05) is 54.6 Å². The van der Waals surface area contributed by atoms with Gasteiger partial charge in [-0.05, 0) is 30.3 Å². The van der Waals surface area contributed by atoms with Crippen molar-refractivity contribution in [3.8, 4) is 16.2 Å². The monoisotopic (exact) mass is 392 g/mol. The van der Waals surface area contributed by atoms with E-state index in [0.717, 1.165) is 46.2 Å². The van der Waals surface area contributed by atoms with Crippen LogP contribution in [0, 0.1) is 0 Å². The Bertz CT molecular complexity index is 1020. The zero-order valence-corrected chi connectivity index (χ0v) is 16.1. The van der Waals surface area contributed by atoms with Crippen LogP contribution in [0.15, 0.2) is 54.6 Å². The zero-order chi connectivity index (χ0) is 18.9. The predicted octanol–water partition coefficient (Wildman–Crippen LogP) is 4.40. The first-order valence-corrected chi connectivity index (χ1v) is 10.2. The van der Waals surface area contributed by atoms with Crippen LogP contribution in [0.5, 0.6) is 5.75 Å². The summed E-state index contributed by atoms with van der Waals surface area (Å²) in [4.78, 5) is 17.1. The van der Waals surface area contributed by atoms with Gasteiger partial charge in [0, 0.05) is 29.1 Å². The molecule has 0 atom stereocenters. The summed E-state index contributed by atoms with van der Waals surface area (Å²) in [5.74, 6) is 0.791. The number of carbonyl (C=O) groups is 1. The maximum atomic E-state index is 13.0. The molecule has 1 N–H and O–H groups in total. The van der Waals surface area contributed by atoms with E-state index in [2.05, 4.69) is 10.2 Å². The highest BCUT2D eigenvalue weighted by Gasteiger charge is 2.23. The van der Waals surface area contributed by atoms with Gasteiger partial charge in [-0.15, -0.1) is 11.3 Å². The van der Waals surface area contributed by atoms with Gasteiger partial charge in [0.1, 0.15) is 12.4 Å². The summed E-state index contributed by atoms with van der Waals surface area (Å²) in [6, 6.07) is 17.9. The number of carbonyl (C=O) groups excluding carboxylic acids is 1. The number of nitrogens with zero attached hydrogens (tertiary/aromatic N) is 1. The van der Waals surface area contributed by atoms with Gasteiger partial charge in [0.25, 0.3) is 5.91 Å². The lowest BCUT2D eigenvalue weighted by atomic mass is 10.1. The lowest BCUT2D eigenvalue weighted by molar-refractivity contribution is 0.103. The van der Waals surface area contributed by atoms with E-state index >= 15 is 0 Å². The Labute approximate surface area is 167 Å². The molecule has 0 unspecified atom stereocenters. The van der Waals surface area contributed by atoms with Crippen molar-refractivity contribution in [2.24, 2.45) is 0 Å². The third-order valence-electron chi connectivity index (χ3n) is 5.05. The molecule has 28 heavy (non-hydrogen) atoms. The van der Waals surface area contributed by atoms with Gasteiger partial charge in [0.15, 0.2) is 0 Å². The van der Waals surface area contributed by atoms with Crippen LogP contribution in [0.2, 0.25) is 0 Å². The average molecular weight is 392 g/mol. The number of morpholine rings is 1. The first-order valence-electron chi connectivity index (χ1n) is 9.37. The number of benzene rings is 2. The molecule has 1 saturated heterocycles. The maximum Gasteiger partial charge on any atom is 0.265 e. The molecule has 0 spiro atoms. The van der Waals surface area contributed by atoms with Gasteiger partial charge in [0.05, 0.1) is 29.5 Å². The normalized spacial score (nSPS) is 15.4. The van der Waals surface area contributed by atoms with Crippen molar-refractivity contribution >= 4 is 28.6 Å². The second kappa shape index (κ2) is 7.30. The molecule has 0 radical (unpaired) electrons. The van der Waals surface area contributed by atoms with Gasteiger partial charge in [-0.1, -0.05) is 24.3 Å². The minimum absolute atomic E-state index is 0.0856. The summed E-state index contributed by atoms with van der Waals surface area (Å²) < 4.78 is 11.3. The van der Waals surface area contributed by atoms with Crippen molar-refractivity contribution in [1.82, 2.24) is 0 Å². The molecule has 1 fully saturated rings. The first-order chi connectivity index (χ1) is 13.8. The fourth-order valence-electron chi connectivity index (χ4n) is 3.65. The summed E-state index contributed by atoms with van der Waals surface area (Å²) in [5, 5.41) is 3.11. The Kier molecular flexibility index (Phi) is 4.50. The number of thiophene rings is 1. The Balaban J connectivity index is 1.41. The number of para-hydroxylation sites is 3. The molecule has 6 heteroatoms. The largest absolute Gasteiger partial charge is 0.488 e. The lowest BCUT2D eigenvalue weighted by Gasteiger charge is -2.30.